The fraction of sp³-hybridized carbons (Fsp3) is 0.462. The van der Waals surface area contributed by atoms with Crippen LogP contribution in [-0.4, -0.2) is 43.5 Å². The summed E-state index contributed by atoms with van der Waals surface area (Å²) < 4.78 is 40.6. The fourth-order valence-electron chi connectivity index (χ4n) is 1.67. The summed E-state index contributed by atoms with van der Waals surface area (Å²) in [5, 5.41) is 11.4. The topological polar surface area (TPSA) is 71.1 Å². The molecule has 1 aromatic rings. The van der Waals surface area contributed by atoms with Crippen molar-refractivity contribution in [2.75, 3.05) is 31.2 Å². The largest absolute Gasteiger partial charge is 0.411 e. The molecule has 0 unspecified atom stereocenters. The molecule has 0 saturated heterocycles. The lowest BCUT2D eigenvalue weighted by Gasteiger charge is -2.24. The van der Waals surface area contributed by atoms with Crippen LogP contribution in [-0.2, 0) is 4.74 Å². The van der Waals surface area contributed by atoms with Crippen LogP contribution in [0.3, 0.4) is 0 Å². The molecule has 3 N–H and O–H groups in total. The number of oxime groups is 1. The molecule has 0 atom stereocenters. The maximum Gasteiger partial charge on any atom is 0.411 e. The van der Waals surface area contributed by atoms with Gasteiger partial charge in [0, 0.05) is 25.2 Å². The van der Waals surface area contributed by atoms with Crippen molar-refractivity contribution in [1.82, 2.24) is 0 Å². The summed E-state index contributed by atoms with van der Waals surface area (Å²) in [6.07, 6.45) is -4.03. The number of alkyl halides is 3. The first-order valence-corrected chi connectivity index (χ1v) is 6.33. The highest BCUT2D eigenvalue weighted by Gasteiger charge is 2.27. The predicted octanol–water partition coefficient (Wildman–Crippen LogP) is 2.21. The Labute approximate surface area is 120 Å². The molecule has 0 bridgehead atoms. The smallest absolute Gasteiger partial charge is 0.409 e. The minimum Gasteiger partial charge on any atom is -0.409 e. The molecule has 1 rings (SSSR count). The van der Waals surface area contributed by atoms with Crippen molar-refractivity contribution in [2.45, 2.75) is 12.6 Å². The molecular weight excluding hydrogens is 287 g/mol. The van der Waals surface area contributed by atoms with Crippen LogP contribution in [0.4, 0.5) is 18.9 Å². The molecular formula is C13H18F3N3O2. The number of anilines is 1. The molecule has 21 heavy (non-hydrogen) atoms. The summed E-state index contributed by atoms with van der Waals surface area (Å²) in [4.78, 5) is 1.81. The number of amidine groups is 1. The van der Waals surface area contributed by atoms with E-state index in [9.17, 15) is 13.2 Å². The maximum atomic E-state index is 12.0. The SMILES string of the molecule is NC(CCN(CCOCC(F)(F)F)c1ccccc1)=NO. The van der Waals surface area contributed by atoms with Gasteiger partial charge in [0.2, 0.25) is 0 Å². The zero-order chi connectivity index (χ0) is 15.7. The average Bonchev–Trinajstić information content (AvgIpc) is 2.46. The molecule has 0 aromatic heterocycles. The third kappa shape index (κ3) is 7.40. The van der Waals surface area contributed by atoms with Crippen molar-refractivity contribution in [3.63, 3.8) is 0 Å². The van der Waals surface area contributed by atoms with Crippen molar-refractivity contribution in [2.24, 2.45) is 10.9 Å². The van der Waals surface area contributed by atoms with E-state index in [0.717, 1.165) is 5.69 Å². The summed E-state index contributed by atoms with van der Waals surface area (Å²) in [7, 11) is 0. The first-order chi connectivity index (χ1) is 9.92. The van der Waals surface area contributed by atoms with Gasteiger partial charge in [0.05, 0.1) is 6.61 Å². The lowest BCUT2D eigenvalue weighted by molar-refractivity contribution is -0.173. The van der Waals surface area contributed by atoms with Crippen LogP contribution in [0, 0.1) is 0 Å². The zero-order valence-corrected chi connectivity index (χ0v) is 11.4. The van der Waals surface area contributed by atoms with Crippen LogP contribution >= 0.6 is 0 Å². The van der Waals surface area contributed by atoms with E-state index in [1.54, 1.807) is 0 Å². The Morgan fingerprint density at radius 1 is 1.24 bits per heavy atom. The maximum absolute atomic E-state index is 12.0. The first-order valence-electron chi connectivity index (χ1n) is 6.33. The molecule has 0 heterocycles. The number of hydrogen-bond acceptors (Lipinski definition) is 4. The first kappa shape index (κ1) is 17.1. The number of nitrogens with zero attached hydrogens (tertiary/aromatic N) is 2. The zero-order valence-electron chi connectivity index (χ0n) is 11.4. The Morgan fingerprint density at radius 2 is 1.90 bits per heavy atom. The van der Waals surface area contributed by atoms with Crippen molar-refractivity contribution in [3.8, 4) is 0 Å². The van der Waals surface area contributed by atoms with Gasteiger partial charge in [0.1, 0.15) is 12.4 Å². The summed E-state index contributed by atoms with van der Waals surface area (Å²) in [6.45, 7) is -0.644. The Kier molecular flexibility index (Phi) is 6.80. The van der Waals surface area contributed by atoms with Crippen LogP contribution < -0.4 is 10.6 Å². The van der Waals surface area contributed by atoms with E-state index in [2.05, 4.69) is 9.89 Å². The van der Waals surface area contributed by atoms with Gasteiger partial charge in [-0.15, -0.1) is 0 Å². The molecule has 0 aliphatic carbocycles. The summed E-state index contributed by atoms with van der Waals surface area (Å²) in [5.41, 5.74) is 6.24. The molecule has 5 nitrogen and oxygen atoms in total. The van der Waals surface area contributed by atoms with Gasteiger partial charge in [0.25, 0.3) is 0 Å². The number of benzene rings is 1. The molecule has 118 valence electrons. The lowest BCUT2D eigenvalue weighted by atomic mass is 10.2. The van der Waals surface area contributed by atoms with Crippen molar-refractivity contribution in [1.29, 1.82) is 0 Å². The fourth-order valence-corrected chi connectivity index (χ4v) is 1.67. The summed E-state index contributed by atoms with van der Waals surface area (Å²) in [6, 6.07) is 9.14. The molecule has 0 spiro atoms. The standard InChI is InChI=1S/C13H18F3N3O2/c14-13(15,16)10-21-9-8-19(7-6-12(17)18-20)11-4-2-1-3-5-11/h1-5,20H,6-10H2,(H2,17,18). The van der Waals surface area contributed by atoms with E-state index in [0.29, 0.717) is 13.0 Å². The normalized spacial score (nSPS) is 12.4. The number of hydrogen-bond donors (Lipinski definition) is 2. The van der Waals surface area contributed by atoms with Gasteiger partial charge < -0.3 is 20.6 Å². The predicted molar refractivity (Wildman–Crippen MR) is 73.6 cm³/mol. The quantitative estimate of drug-likeness (QED) is 0.254. The van der Waals surface area contributed by atoms with Gasteiger partial charge in [-0.3, -0.25) is 0 Å². The minimum atomic E-state index is -4.33. The summed E-state index contributed by atoms with van der Waals surface area (Å²) >= 11 is 0. The van der Waals surface area contributed by atoms with E-state index in [4.69, 9.17) is 10.9 Å². The van der Waals surface area contributed by atoms with Crippen molar-refractivity contribution in [3.05, 3.63) is 30.3 Å². The molecule has 8 heteroatoms. The third-order valence-corrected chi connectivity index (χ3v) is 2.66. The molecule has 0 amide bonds. The van der Waals surface area contributed by atoms with Crippen LogP contribution in [0.2, 0.25) is 0 Å². The van der Waals surface area contributed by atoms with Gasteiger partial charge in [-0.2, -0.15) is 13.2 Å². The second kappa shape index (κ2) is 8.35. The second-order valence-electron chi connectivity index (χ2n) is 4.33. The molecule has 0 fully saturated rings. The second-order valence-corrected chi connectivity index (χ2v) is 4.33. The van der Waals surface area contributed by atoms with E-state index in [-0.39, 0.29) is 19.0 Å². The Balaban J connectivity index is 2.52. The van der Waals surface area contributed by atoms with Crippen molar-refractivity contribution >= 4 is 11.5 Å². The highest BCUT2D eigenvalue weighted by Crippen LogP contribution is 2.16. The van der Waals surface area contributed by atoms with Crippen LogP contribution in [0.5, 0.6) is 0 Å². The third-order valence-electron chi connectivity index (χ3n) is 2.66. The van der Waals surface area contributed by atoms with Gasteiger partial charge in [0.15, 0.2) is 0 Å². The number of halogens is 3. The molecule has 0 saturated carbocycles. The Morgan fingerprint density at radius 3 is 2.48 bits per heavy atom. The number of para-hydroxylation sites is 1. The Bertz CT molecular complexity index is 438. The lowest BCUT2D eigenvalue weighted by Crippen LogP contribution is -2.32. The highest BCUT2D eigenvalue weighted by molar-refractivity contribution is 5.80. The van der Waals surface area contributed by atoms with E-state index < -0.39 is 12.8 Å². The molecule has 1 aromatic carbocycles. The van der Waals surface area contributed by atoms with Gasteiger partial charge in [-0.25, -0.2) is 0 Å². The highest BCUT2D eigenvalue weighted by atomic mass is 19.4. The molecule has 0 aliphatic rings. The minimum absolute atomic E-state index is 0.0622. The van der Waals surface area contributed by atoms with Crippen LogP contribution in [0.1, 0.15) is 6.42 Å². The van der Waals surface area contributed by atoms with Gasteiger partial charge in [-0.1, -0.05) is 23.4 Å². The van der Waals surface area contributed by atoms with Gasteiger partial charge in [-0.05, 0) is 12.1 Å². The van der Waals surface area contributed by atoms with E-state index in [1.807, 2.05) is 35.2 Å². The van der Waals surface area contributed by atoms with Crippen LogP contribution in [0.25, 0.3) is 0 Å². The van der Waals surface area contributed by atoms with Crippen molar-refractivity contribution < 1.29 is 23.1 Å². The number of rotatable bonds is 8. The van der Waals surface area contributed by atoms with E-state index in [1.165, 1.54) is 0 Å². The number of nitrogens with two attached hydrogens (primary N) is 1. The van der Waals surface area contributed by atoms with Crippen LogP contribution in [0.15, 0.2) is 35.5 Å². The average molecular weight is 305 g/mol. The van der Waals surface area contributed by atoms with E-state index >= 15 is 0 Å². The van der Waals surface area contributed by atoms with Gasteiger partial charge >= 0.3 is 6.18 Å². The molecule has 0 radical (unpaired) electrons. The number of ether oxygens (including phenoxy) is 1. The monoisotopic (exact) mass is 305 g/mol. The summed E-state index contributed by atoms with van der Waals surface area (Å²) in [5.74, 6) is 0.0622. The molecule has 0 aliphatic heterocycles. The Hall–Kier alpha value is -1.96.